The minimum absolute atomic E-state index is 0.0189. The van der Waals surface area contributed by atoms with Crippen molar-refractivity contribution in [3.8, 4) is 11.3 Å². The molecule has 1 heterocycles. The zero-order valence-corrected chi connectivity index (χ0v) is 13.0. The minimum Gasteiger partial charge on any atom is -0.383 e. The summed E-state index contributed by atoms with van der Waals surface area (Å²) in [4.78, 5) is 14.0. The summed E-state index contributed by atoms with van der Waals surface area (Å²) in [6.07, 6.45) is 0. The molecule has 0 radical (unpaired) electrons. The Morgan fingerprint density at radius 1 is 1.48 bits per heavy atom. The van der Waals surface area contributed by atoms with Gasteiger partial charge < -0.3 is 9.64 Å². The third-order valence-electron chi connectivity index (χ3n) is 3.35. The average molecular weight is 308 g/mol. The van der Waals surface area contributed by atoms with Crippen LogP contribution in [0.1, 0.15) is 17.4 Å². The highest BCUT2D eigenvalue weighted by Crippen LogP contribution is 2.26. The number of nitrogens with zero attached hydrogens (tertiary/aromatic N) is 2. The number of likely N-dealkylation sites (N-methyl/N-ethyl adjacent to an activating group) is 1. The van der Waals surface area contributed by atoms with E-state index in [0.717, 1.165) is 5.56 Å². The molecule has 0 aliphatic heterocycles. The van der Waals surface area contributed by atoms with Gasteiger partial charge in [-0.1, -0.05) is 29.8 Å². The molecule has 0 bridgehead atoms. The van der Waals surface area contributed by atoms with Crippen LogP contribution in [-0.4, -0.2) is 47.8 Å². The first-order valence-corrected chi connectivity index (χ1v) is 6.98. The standard InChI is InChI=1S/C15H18ClN3O2/c1-10(9-21-3)19(2)15(20)14-8-13(17-18-14)11-6-4-5-7-12(11)16/h4-8,10H,9H2,1-3H3,(H,17,18). The fourth-order valence-electron chi connectivity index (χ4n) is 1.98. The van der Waals surface area contributed by atoms with E-state index in [0.29, 0.717) is 23.0 Å². The molecule has 0 saturated carbocycles. The fraction of sp³-hybridized carbons (Fsp3) is 0.333. The number of hydrogen-bond donors (Lipinski definition) is 1. The Kier molecular flexibility index (Phi) is 4.98. The lowest BCUT2D eigenvalue weighted by Crippen LogP contribution is -2.38. The summed E-state index contributed by atoms with van der Waals surface area (Å²) in [6, 6.07) is 9.08. The van der Waals surface area contributed by atoms with Crippen molar-refractivity contribution in [2.24, 2.45) is 0 Å². The molecular weight excluding hydrogens is 290 g/mol. The summed E-state index contributed by atoms with van der Waals surface area (Å²) in [6.45, 7) is 2.40. The SMILES string of the molecule is COCC(C)N(C)C(=O)c1cc(-c2ccccc2Cl)n[nH]1. The number of benzene rings is 1. The number of aromatic amines is 1. The van der Waals surface area contributed by atoms with Crippen LogP contribution in [0.4, 0.5) is 0 Å². The van der Waals surface area contributed by atoms with Gasteiger partial charge in [0, 0.05) is 19.7 Å². The van der Waals surface area contributed by atoms with E-state index in [-0.39, 0.29) is 11.9 Å². The maximum Gasteiger partial charge on any atom is 0.271 e. The lowest BCUT2D eigenvalue weighted by atomic mass is 10.1. The van der Waals surface area contributed by atoms with E-state index in [1.807, 2.05) is 25.1 Å². The summed E-state index contributed by atoms with van der Waals surface area (Å²) in [5.41, 5.74) is 1.87. The van der Waals surface area contributed by atoms with Gasteiger partial charge in [-0.3, -0.25) is 9.89 Å². The van der Waals surface area contributed by atoms with Crippen molar-refractivity contribution in [2.75, 3.05) is 20.8 Å². The van der Waals surface area contributed by atoms with Crippen molar-refractivity contribution < 1.29 is 9.53 Å². The quantitative estimate of drug-likeness (QED) is 0.924. The number of carbonyl (C=O) groups is 1. The van der Waals surface area contributed by atoms with E-state index in [2.05, 4.69) is 10.2 Å². The van der Waals surface area contributed by atoms with Crippen LogP contribution in [0.3, 0.4) is 0 Å². The second-order valence-electron chi connectivity index (χ2n) is 4.87. The number of H-pyrrole nitrogens is 1. The van der Waals surface area contributed by atoms with Gasteiger partial charge in [0.15, 0.2) is 0 Å². The first kappa shape index (κ1) is 15.5. The Hall–Kier alpha value is -1.85. The van der Waals surface area contributed by atoms with Crippen LogP contribution in [0, 0.1) is 0 Å². The molecular formula is C15H18ClN3O2. The molecule has 1 N–H and O–H groups in total. The van der Waals surface area contributed by atoms with Crippen LogP contribution in [-0.2, 0) is 4.74 Å². The molecule has 2 rings (SSSR count). The van der Waals surface area contributed by atoms with Crippen molar-refractivity contribution in [3.63, 3.8) is 0 Å². The molecule has 0 aliphatic carbocycles. The first-order chi connectivity index (χ1) is 10.0. The van der Waals surface area contributed by atoms with Crippen molar-refractivity contribution in [3.05, 3.63) is 41.0 Å². The molecule has 0 fully saturated rings. The lowest BCUT2D eigenvalue weighted by Gasteiger charge is -2.23. The third-order valence-corrected chi connectivity index (χ3v) is 3.68. The molecule has 0 spiro atoms. The van der Waals surface area contributed by atoms with Gasteiger partial charge in [-0.05, 0) is 19.1 Å². The van der Waals surface area contributed by atoms with Gasteiger partial charge in [0.2, 0.25) is 0 Å². The highest BCUT2D eigenvalue weighted by Gasteiger charge is 2.20. The summed E-state index contributed by atoms with van der Waals surface area (Å²) in [7, 11) is 3.35. The molecule has 1 atom stereocenters. The van der Waals surface area contributed by atoms with Crippen LogP contribution < -0.4 is 0 Å². The number of methoxy groups -OCH3 is 1. The van der Waals surface area contributed by atoms with Crippen molar-refractivity contribution in [1.82, 2.24) is 15.1 Å². The number of rotatable bonds is 5. The molecule has 6 heteroatoms. The van der Waals surface area contributed by atoms with Crippen LogP contribution in [0.15, 0.2) is 30.3 Å². The maximum atomic E-state index is 12.4. The van der Waals surface area contributed by atoms with Crippen molar-refractivity contribution in [2.45, 2.75) is 13.0 Å². The molecule has 0 saturated heterocycles. The summed E-state index contributed by atoms with van der Waals surface area (Å²) >= 11 is 6.14. The molecule has 2 aromatic rings. The number of halogens is 1. The summed E-state index contributed by atoms with van der Waals surface area (Å²) in [5, 5.41) is 7.54. The number of nitrogens with one attached hydrogen (secondary N) is 1. The van der Waals surface area contributed by atoms with E-state index in [1.54, 1.807) is 31.2 Å². The number of amides is 1. The minimum atomic E-state index is -0.134. The van der Waals surface area contributed by atoms with E-state index >= 15 is 0 Å². The van der Waals surface area contributed by atoms with Gasteiger partial charge in [-0.25, -0.2) is 0 Å². The maximum absolute atomic E-state index is 12.4. The molecule has 5 nitrogen and oxygen atoms in total. The normalized spacial score (nSPS) is 12.2. The monoisotopic (exact) mass is 307 g/mol. The number of aromatic nitrogens is 2. The van der Waals surface area contributed by atoms with Crippen LogP contribution >= 0.6 is 11.6 Å². The van der Waals surface area contributed by atoms with Gasteiger partial charge in [0.25, 0.3) is 5.91 Å². The smallest absolute Gasteiger partial charge is 0.271 e. The fourth-order valence-corrected chi connectivity index (χ4v) is 2.21. The molecule has 21 heavy (non-hydrogen) atoms. The molecule has 1 aromatic carbocycles. The highest BCUT2D eigenvalue weighted by molar-refractivity contribution is 6.33. The number of carbonyl (C=O) groups excluding carboxylic acids is 1. The van der Waals surface area contributed by atoms with E-state index in [9.17, 15) is 4.79 Å². The topological polar surface area (TPSA) is 58.2 Å². The largest absolute Gasteiger partial charge is 0.383 e. The summed E-state index contributed by atoms with van der Waals surface area (Å²) in [5.74, 6) is -0.134. The molecule has 112 valence electrons. The van der Waals surface area contributed by atoms with Crippen molar-refractivity contribution >= 4 is 17.5 Å². The zero-order chi connectivity index (χ0) is 15.4. The lowest BCUT2D eigenvalue weighted by molar-refractivity contribution is 0.0628. The van der Waals surface area contributed by atoms with E-state index in [4.69, 9.17) is 16.3 Å². The molecule has 0 aliphatic rings. The number of hydrogen-bond acceptors (Lipinski definition) is 3. The Bertz CT molecular complexity index is 627. The van der Waals surface area contributed by atoms with Gasteiger partial charge in [0.05, 0.1) is 23.4 Å². The van der Waals surface area contributed by atoms with Crippen LogP contribution in [0.5, 0.6) is 0 Å². The summed E-state index contributed by atoms with van der Waals surface area (Å²) < 4.78 is 5.06. The first-order valence-electron chi connectivity index (χ1n) is 6.61. The van der Waals surface area contributed by atoms with Gasteiger partial charge in [-0.2, -0.15) is 5.10 Å². The van der Waals surface area contributed by atoms with Gasteiger partial charge in [-0.15, -0.1) is 0 Å². The zero-order valence-electron chi connectivity index (χ0n) is 12.3. The van der Waals surface area contributed by atoms with Crippen molar-refractivity contribution in [1.29, 1.82) is 0 Å². The Balaban J connectivity index is 2.20. The van der Waals surface area contributed by atoms with E-state index < -0.39 is 0 Å². The predicted molar refractivity (Wildman–Crippen MR) is 82.5 cm³/mol. The highest BCUT2D eigenvalue weighted by atomic mass is 35.5. The van der Waals surface area contributed by atoms with Gasteiger partial charge >= 0.3 is 0 Å². The molecule has 1 unspecified atom stereocenters. The Morgan fingerprint density at radius 2 is 2.19 bits per heavy atom. The average Bonchev–Trinajstić information content (AvgIpc) is 2.96. The second-order valence-corrected chi connectivity index (χ2v) is 5.27. The van der Waals surface area contributed by atoms with E-state index in [1.165, 1.54) is 0 Å². The number of ether oxygens (including phenoxy) is 1. The molecule has 1 aromatic heterocycles. The Labute approximate surface area is 128 Å². The Morgan fingerprint density at radius 3 is 2.86 bits per heavy atom. The van der Waals surface area contributed by atoms with Crippen LogP contribution in [0.25, 0.3) is 11.3 Å². The van der Waals surface area contributed by atoms with Crippen LogP contribution in [0.2, 0.25) is 5.02 Å². The second kappa shape index (κ2) is 6.74. The third kappa shape index (κ3) is 3.43. The predicted octanol–water partition coefficient (Wildman–Crippen LogP) is 2.84. The molecule has 1 amide bonds. The van der Waals surface area contributed by atoms with Gasteiger partial charge in [0.1, 0.15) is 5.69 Å².